The zero-order chi connectivity index (χ0) is 9.54. The third-order valence-electron chi connectivity index (χ3n) is 3.13. The van der Waals surface area contributed by atoms with Crippen LogP contribution in [0.4, 0.5) is 0 Å². The molecule has 0 saturated heterocycles. The van der Waals surface area contributed by atoms with Gasteiger partial charge in [0.25, 0.3) is 0 Å². The van der Waals surface area contributed by atoms with E-state index in [4.69, 9.17) is 10.00 Å². The number of benzene rings is 1. The summed E-state index contributed by atoms with van der Waals surface area (Å²) in [6, 6.07) is 8.54. The van der Waals surface area contributed by atoms with Gasteiger partial charge in [0.15, 0.2) is 0 Å². The molecular formula is C12H11NO. The fraction of sp³-hybridized carbons (Fsp3) is 0.417. The summed E-state index contributed by atoms with van der Waals surface area (Å²) in [5, 5.41) is 8.81. The van der Waals surface area contributed by atoms with E-state index in [-0.39, 0.29) is 5.92 Å². The van der Waals surface area contributed by atoms with Crippen LogP contribution >= 0.6 is 0 Å². The molecule has 2 aliphatic rings. The number of nitrogens with zero attached hydrogens (tertiary/aromatic N) is 1. The van der Waals surface area contributed by atoms with Crippen LogP contribution in [-0.4, -0.2) is 6.61 Å². The highest BCUT2D eigenvalue weighted by atomic mass is 16.5. The molecule has 1 aliphatic heterocycles. The average molecular weight is 185 g/mol. The predicted molar refractivity (Wildman–Crippen MR) is 52.1 cm³/mol. The van der Waals surface area contributed by atoms with Gasteiger partial charge >= 0.3 is 0 Å². The van der Waals surface area contributed by atoms with Crippen molar-refractivity contribution < 1.29 is 4.74 Å². The van der Waals surface area contributed by atoms with Gasteiger partial charge in [-0.2, -0.15) is 5.26 Å². The molecule has 0 spiro atoms. The zero-order valence-corrected chi connectivity index (χ0v) is 7.86. The maximum atomic E-state index is 8.81. The molecule has 70 valence electrons. The Morgan fingerprint density at radius 1 is 1.43 bits per heavy atom. The van der Waals surface area contributed by atoms with Crippen LogP contribution < -0.4 is 4.74 Å². The quantitative estimate of drug-likeness (QED) is 0.672. The fourth-order valence-corrected chi connectivity index (χ4v) is 2.28. The molecule has 1 aromatic carbocycles. The highest BCUT2D eigenvalue weighted by Gasteiger charge is 2.40. The minimum Gasteiger partial charge on any atom is -0.493 e. The first-order chi connectivity index (χ1) is 6.90. The summed E-state index contributed by atoms with van der Waals surface area (Å²) in [6.07, 6.45) is 2.05. The number of nitriles is 1. The lowest BCUT2D eigenvalue weighted by molar-refractivity contribution is 0.357. The van der Waals surface area contributed by atoms with Gasteiger partial charge in [-0.15, -0.1) is 0 Å². The monoisotopic (exact) mass is 185 g/mol. The van der Waals surface area contributed by atoms with Crippen molar-refractivity contribution in [3.63, 3.8) is 0 Å². The van der Waals surface area contributed by atoms with E-state index in [9.17, 15) is 0 Å². The van der Waals surface area contributed by atoms with Gasteiger partial charge < -0.3 is 4.74 Å². The molecule has 0 N–H and O–H groups in total. The Morgan fingerprint density at radius 2 is 2.36 bits per heavy atom. The molecule has 0 unspecified atom stereocenters. The normalized spacial score (nSPS) is 27.6. The number of ether oxygens (including phenoxy) is 1. The summed E-state index contributed by atoms with van der Waals surface area (Å²) >= 11 is 0. The molecule has 14 heavy (non-hydrogen) atoms. The van der Waals surface area contributed by atoms with Gasteiger partial charge in [0.05, 0.1) is 18.6 Å². The first kappa shape index (κ1) is 7.87. The van der Waals surface area contributed by atoms with Crippen molar-refractivity contribution in [2.24, 2.45) is 5.92 Å². The second kappa shape index (κ2) is 2.75. The summed E-state index contributed by atoms with van der Waals surface area (Å²) in [5.41, 5.74) is 2.70. The van der Waals surface area contributed by atoms with E-state index < -0.39 is 0 Å². The Morgan fingerprint density at radius 3 is 3.14 bits per heavy atom. The predicted octanol–water partition coefficient (Wildman–Crippen LogP) is 2.25. The molecule has 2 heteroatoms. The second-order valence-corrected chi connectivity index (χ2v) is 4.00. The Kier molecular flexibility index (Phi) is 1.55. The Balaban J connectivity index is 2.00. The molecule has 1 saturated carbocycles. The Labute approximate surface area is 83.1 Å². The molecule has 1 aromatic rings. The van der Waals surface area contributed by atoms with E-state index in [1.807, 2.05) is 12.1 Å². The molecule has 1 aliphatic carbocycles. The van der Waals surface area contributed by atoms with Crippen molar-refractivity contribution >= 4 is 0 Å². The van der Waals surface area contributed by atoms with Crippen molar-refractivity contribution in [2.75, 3.05) is 6.61 Å². The molecule has 0 bridgehead atoms. The van der Waals surface area contributed by atoms with Crippen LogP contribution in [0.25, 0.3) is 0 Å². The third kappa shape index (κ3) is 1.02. The Bertz CT molecular complexity index is 419. The molecular weight excluding hydrogens is 174 g/mol. The lowest BCUT2D eigenvalue weighted by Crippen LogP contribution is -1.89. The van der Waals surface area contributed by atoms with E-state index in [0.717, 1.165) is 25.2 Å². The molecule has 1 fully saturated rings. The lowest BCUT2D eigenvalue weighted by atomic mass is 10.0. The highest BCUT2D eigenvalue weighted by Crippen LogP contribution is 2.49. The molecule has 0 amide bonds. The van der Waals surface area contributed by atoms with E-state index in [0.29, 0.717) is 5.92 Å². The number of hydrogen-bond acceptors (Lipinski definition) is 2. The maximum Gasteiger partial charge on any atom is 0.122 e. The van der Waals surface area contributed by atoms with E-state index in [2.05, 4.69) is 12.1 Å². The van der Waals surface area contributed by atoms with Crippen LogP contribution in [0.1, 0.15) is 23.5 Å². The van der Waals surface area contributed by atoms with Gasteiger partial charge in [0, 0.05) is 17.9 Å². The molecule has 2 atom stereocenters. The number of hydrogen-bond donors (Lipinski definition) is 0. The molecule has 0 radical (unpaired) electrons. The zero-order valence-electron chi connectivity index (χ0n) is 7.86. The molecule has 3 rings (SSSR count). The average Bonchev–Trinajstić information content (AvgIpc) is 2.85. The molecule has 2 nitrogen and oxygen atoms in total. The summed E-state index contributed by atoms with van der Waals surface area (Å²) < 4.78 is 5.50. The first-order valence-corrected chi connectivity index (χ1v) is 5.04. The first-order valence-electron chi connectivity index (χ1n) is 5.04. The summed E-state index contributed by atoms with van der Waals surface area (Å²) in [6.45, 7) is 0.802. The SMILES string of the molecule is N#C[C@@H]1C[C@H]1c1cccc2c1CCO2. The van der Waals surface area contributed by atoms with Gasteiger partial charge in [-0.05, 0) is 18.1 Å². The lowest BCUT2D eigenvalue weighted by Gasteiger charge is -2.04. The van der Waals surface area contributed by atoms with E-state index in [1.54, 1.807) is 0 Å². The van der Waals surface area contributed by atoms with Crippen molar-refractivity contribution in [2.45, 2.75) is 18.8 Å². The largest absolute Gasteiger partial charge is 0.493 e. The smallest absolute Gasteiger partial charge is 0.122 e. The number of fused-ring (bicyclic) bond motifs is 1. The summed E-state index contributed by atoms with van der Waals surface area (Å²) in [4.78, 5) is 0. The van der Waals surface area contributed by atoms with Gasteiger partial charge in [0.2, 0.25) is 0 Å². The molecule has 0 aromatic heterocycles. The highest BCUT2D eigenvalue weighted by molar-refractivity contribution is 5.47. The minimum atomic E-state index is 0.252. The van der Waals surface area contributed by atoms with Gasteiger partial charge in [-0.1, -0.05) is 12.1 Å². The van der Waals surface area contributed by atoms with E-state index in [1.165, 1.54) is 11.1 Å². The van der Waals surface area contributed by atoms with Gasteiger partial charge in [0.1, 0.15) is 5.75 Å². The molecule has 1 heterocycles. The fourth-order valence-electron chi connectivity index (χ4n) is 2.28. The van der Waals surface area contributed by atoms with Crippen molar-refractivity contribution in [3.05, 3.63) is 29.3 Å². The third-order valence-corrected chi connectivity index (χ3v) is 3.13. The van der Waals surface area contributed by atoms with Gasteiger partial charge in [-0.3, -0.25) is 0 Å². The topological polar surface area (TPSA) is 33.0 Å². The van der Waals surface area contributed by atoms with Crippen LogP contribution in [-0.2, 0) is 6.42 Å². The van der Waals surface area contributed by atoms with Crippen LogP contribution in [0.2, 0.25) is 0 Å². The van der Waals surface area contributed by atoms with Gasteiger partial charge in [-0.25, -0.2) is 0 Å². The summed E-state index contributed by atoms with van der Waals surface area (Å²) in [7, 11) is 0. The minimum absolute atomic E-state index is 0.252. The van der Waals surface area contributed by atoms with Crippen LogP contribution in [0, 0.1) is 17.2 Å². The summed E-state index contributed by atoms with van der Waals surface area (Å²) in [5.74, 6) is 1.77. The van der Waals surface area contributed by atoms with Crippen LogP contribution in [0.15, 0.2) is 18.2 Å². The maximum absolute atomic E-state index is 8.81. The van der Waals surface area contributed by atoms with Crippen LogP contribution in [0.3, 0.4) is 0 Å². The van der Waals surface area contributed by atoms with Crippen LogP contribution in [0.5, 0.6) is 5.75 Å². The Hall–Kier alpha value is -1.49. The number of rotatable bonds is 1. The standard InChI is InChI=1S/C12H11NO/c13-7-8-6-11(8)9-2-1-3-12-10(9)4-5-14-12/h1-3,8,11H,4-6H2/t8-,11+/m0/s1. The van der Waals surface area contributed by atoms with Crippen molar-refractivity contribution in [3.8, 4) is 11.8 Å². The van der Waals surface area contributed by atoms with E-state index >= 15 is 0 Å². The van der Waals surface area contributed by atoms with Crippen molar-refractivity contribution in [1.29, 1.82) is 5.26 Å². The second-order valence-electron chi connectivity index (χ2n) is 4.00. The van der Waals surface area contributed by atoms with Crippen molar-refractivity contribution in [1.82, 2.24) is 0 Å².